The van der Waals surface area contributed by atoms with Gasteiger partial charge in [-0.15, -0.1) is 0 Å². The Balaban J connectivity index is 1.87. The van der Waals surface area contributed by atoms with E-state index in [-0.39, 0.29) is 11.1 Å². The highest BCUT2D eigenvalue weighted by Gasteiger charge is 2.16. The molecule has 3 aromatic rings. The lowest BCUT2D eigenvalue weighted by atomic mass is 9.98. The van der Waals surface area contributed by atoms with Crippen molar-refractivity contribution in [1.82, 2.24) is 0 Å². The highest BCUT2D eigenvalue weighted by atomic mass is 19.3. The summed E-state index contributed by atoms with van der Waals surface area (Å²) in [5.74, 6) is -3.73. The van der Waals surface area contributed by atoms with Crippen LogP contribution >= 0.6 is 0 Å². The molecule has 0 aliphatic rings. The summed E-state index contributed by atoms with van der Waals surface area (Å²) >= 11 is 0. The van der Waals surface area contributed by atoms with Gasteiger partial charge in [-0.3, -0.25) is 0 Å². The number of hydrogen-bond acceptors (Lipinski definition) is 1. The molecule has 0 bridgehead atoms. The topological polar surface area (TPSA) is 9.23 Å². The first-order valence-corrected chi connectivity index (χ1v) is 9.38. The minimum absolute atomic E-state index is 0.00817. The van der Waals surface area contributed by atoms with Crippen molar-refractivity contribution in [1.29, 1.82) is 0 Å². The first-order valence-electron chi connectivity index (χ1n) is 9.38. The second-order valence-corrected chi connectivity index (χ2v) is 6.69. The number of alkyl halides is 2. The molecular weight excluding hydrogens is 399 g/mol. The number of allylic oxidation sites excluding steroid dienone is 1. The van der Waals surface area contributed by atoms with Crippen LogP contribution in [0.15, 0.2) is 66.9 Å². The summed E-state index contributed by atoms with van der Waals surface area (Å²) in [5.41, 5.74) is 2.63. The van der Waals surface area contributed by atoms with Crippen LogP contribution in [-0.2, 0) is 6.42 Å². The quantitative estimate of drug-likeness (QED) is 0.284. The van der Waals surface area contributed by atoms with Gasteiger partial charge in [0.1, 0.15) is 5.82 Å². The molecule has 0 atom stereocenters. The van der Waals surface area contributed by atoms with E-state index >= 15 is 0 Å². The molecule has 0 aromatic heterocycles. The zero-order chi connectivity index (χ0) is 21.7. The van der Waals surface area contributed by atoms with E-state index in [4.69, 9.17) is 0 Å². The molecule has 0 amide bonds. The minimum atomic E-state index is -2.81. The number of rotatable bonds is 7. The normalized spacial score (nSPS) is 11.4. The first kappa shape index (κ1) is 21.6. The van der Waals surface area contributed by atoms with Gasteiger partial charge in [-0.2, -0.15) is 0 Å². The van der Waals surface area contributed by atoms with Crippen LogP contribution < -0.4 is 4.74 Å². The van der Waals surface area contributed by atoms with Crippen molar-refractivity contribution in [2.24, 2.45) is 0 Å². The van der Waals surface area contributed by atoms with Gasteiger partial charge in [-0.1, -0.05) is 49.7 Å². The van der Waals surface area contributed by atoms with Crippen LogP contribution in [0.2, 0.25) is 0 Å². The van der Waals surface area contributed by atoms with Gasteiger partial charge in [-0.25, -0.2) is 22.0 Å². The molecule has 6 heteroatoms. The smallest absolute Gasteiger partial charge is 0.260 e. The lowest BCUT2D eigenvalue weighted by Crippen LogP contribution is -1.96. The first-order chi connectivity index (χ1) is 14.4. The van der Waals surface area contributed by atoms with Gasteiger partial charge in [0, 0.05) is 11.6 Å². The van der Waals surface area contributed by atoms with E-state index in [1.54, 1.807) is 6.07 Å². The molecule has 0 unspecified atom stereocenters. The Morgan fingerprint density at radius 1 is 0.800 bits per heavy atom. The minimum Gasteiger partial charge on any atom is -0.459 e. The molecular formula is C24H19F5O. The average Bonchev–Trinajstić information content (AvgIpc) is 2.70. The van der Waals surface area contributed by atoms with Gasteiger partial charge in [0.05, 0.1) is 6.26 Å². The second kappa shape index (κ2) is 9.57. The second-order valence-electron chi connectivity index (χ2n) is 6.69. The van der Waals surface area contributed by atoms with Crippen LogP contribution in [0.4, 0.5) is 22.0 Å². The van der Waals surface area contributed by atoms with Crippen LogP contribution in [0, 0.1) is 17.5 Å². The van der Waals surface area contributed by atoms with Crippen LogP contribution in [0.25, 0.3) is 22.3 Å². The SMILES string of the molecule is CCCc1ccc(-c2ccc(-c3cc(F)c(OC=CC(F)F)c(F)c3)c(F)c2)cc1. The molecule has 0 spiro atoms. The van der Waals surface area contributed by atoms with E-state index in [9.17, 15) is 22.0 Å². The molecule has 0 heterocycles. The predicted octanol–water partition coefficient (Wildman–Crippen LogP) is 7.55. The van der Waals surface area contributed by atoms with Gasteiger partial charge in [0.15, 0.2) is 17.4 Å². The fourth-order valence-corrected chi connectivity index (χ4v) is 3.08. The van der Waals surface area contributed by atoms with E-state index in [0.717, 1.165) is 30.5 Å². The summed E-state index contributed by atoms with van der Waals surface area (Å²) in [5, 5.41) is 0. The molecule has 3 rings (SSSR count). The van der Waals surface area contributed by atoms with Crippen molar-refractivity contribution in [3.05, 3.63) is 90.0 Å². The van der Waals surface area contributed by atoms with Gasteiger partial charge in [-0.05, 0) is 46.9 Å². The third-order valence-corrected chi connectivity index (χ3v) is 4.51. The van der Waals surface area contributed by atoms with E-state index < -0.39 is 29.6 Å². The largest absolute Gasteiger partial charge is 0.459 e. The summed E-state index contributed by atoms with van der Waals surface area (Å²) < 4.78 is 71.8. The van der Waals surface area contributed by atoms with Crippen molar-refractivity contribution in [2.45, 2.75) is 26.2 Å². The summed E-state index contributed by atoms with van der Waals surface area (Å²) in [7, 11) is 0. The highest BCUT2D eigenvalue weighted by Crippen LogP contribution is 2.32. The van der Waals surface area contributed by atoms with E-state index in [0.29, 0.717) is 17.9 Å². The van der Waals surface area contributed by atoms with E-state index in [2.05, 4.69) is 11.7 Å². The van der Waals surface area contributed by atoms with E-state index in [1.165, 1.54) is 17.7 Å². The van der Waals surface area contributed by atoms with Gasteiger partial charge in [0.25, 0.3) is 6.43 Å². The Kier molecular flexibility index (Phi) is 6.87. The van der Waals surface area contributed by atoms with Crippen molar-refractivity contribution in [3.8, 4) is 28.0 Å². The Morgan fingerprint density at radius 3 is 1.97 bits per heavy atom. The number of ether oxygens (including phenoxy) is 1. The van der Waals surface area contributed by atoms with Gasteiger partial charge < -0.3 is 4.74 Å². The fourth-order valence-electron chi connectivity index (χ4n) is 3.08. The maximum Gasteiger partial charge on any atom is 0.260 e. The van der Waals surface area contributed by atoms with Crippen LogP contribution in [0.1, 0.15) is 18.9 Å². The predicted molar refractivity (Wildman–Crippen MR) is 107 cm³/mol. The summed E-state index contributed by atoms with van der Waals surface area (Å²) in [6.07, 6.45) is 0.0307. The highest BCUT2D eigenvalue weighted by molar-refractivity contribution is 5.71. The zero-order valence-electron chi connectivity index (χ0n) is 16.1. The Morgan fingerprint density at radius 2 is 1.40 bits per heavy atom. The summed E-state index contributed by atoms with van der Waals surface area (Å²) in [4.78, 5) is 0. The van der Waals surface area contributed by atoms with Gasteiger partial charge in [0.2, 0.25) is 0 Å². The van der Waals surface area contributed by atoms with Crippen LogP contribution in [0.5, 0.6) is 5.75 Å². The van der Waals surface area contributed by atoms with Crippen molar-refractivity contribution in [3.63, 3.8) is 0 Å². The maximum absolute atomic E-state index is 14.7. The molecule has 0 saturated heterocycles. The maximum atomic E-state index is 14.7. The van der Waals surface area contributed by atoms with Crippen molar-refractivity contribution < 1.29 is 26.7 Å². The van der Waals surface area contributed by atoms with E-state index in [1.807, 2.05) is 24.3 Å². The third kappa shape index (κ3) is 5.06. The number of aryl methyl sites for hydroxylation is 1. The Hall–Kier alpha value is -3.15. The molecule has 0 radical (unpaired) electrons. The number of benzene rings is 3. The molecule has 3 aromatic carbocycles. The van der Waals surface area contributed by atoms with Crippen LogP contribution in [-0.4, -0.2) is 6.43 Å². The zero-order valence-corrected chi connectivity index (χ0v) is 16.1. The molecule has 0 saturated carbocycles. The average molecular weight is 418 g/mol. The van der Waals surface area contributed by atoms with Crippen molar-refractivity contribution >= 4 is 0 Å². The number of hydrogen-bond donors (Lipinski definition) is 0. The Labute approximate surface area is 171 Å². The van der Waals surface area contributed by atoms with Gasteiger partial charge >= 0.3 is 0 Å². The molecule has 30 heavy (non-hydrogen) atoms. The molecule has 0 fully saturated rings. The molecule has 0 aliphatic carbocycles. The monoisotopic (exact) mass is 418 g/mol. The van der Waals surface area contributed by atoms with Crippen molar-refractivity contribution in [2.75, 3.05) is 0 Å². The molecule has 156 valence electrons. The standard InChI is InChI=1S/C24H19F5O/c1-2-3-15-4-6-16(7-5-15)17-8-9-19(20(25)12-17)18-13-21(26)24(22(27)14-18)30-11-10-23(28)29/h4-14,23H,2-3H2,1H3. The number of halogens is 5. The fraction of sp³-hybridized carbons (Fsp3) is 0.167. The Bertz CT molecular complexity index is 1020. The molecule has 0 aliphatic heterocycles. The van der Waals surface area contributed by atoms with Crippen LogP contribution in [0.3, 0.4) is 0 Å². The summed E-state index contributed by atoms with van der Waals surface area (Å²) in [6, 6.07) is 14.0. The lowest BCUT2D eigenvalue weighted by Gasteiger charge is -2.10. The molecule has 1 nitrogen and oxygen atoms in total. The summed E-state index contributed by atoms with van der Waals surface area (Å²) in [6.45, 7) is 2.09. The lowest BCUT2D eigenvalue weighted by molar-refractivity contribution is 0.200. The third-order valence-electron chi connectivity index (χ3n) is 4.51. The molecule has 0 N–H and O–H groups in total.